The summed E-state index contributed by atoms with van der Waals surface area (Å²) >= 11 is 0. The number of likely N-dealkylation sites (N-methyl/N-ethyl adjacent to an activating group) is 1. The smallest absolute Gasteiger partial charge is 0.371 e. The molecule has 2 N–H and O–H groups in total. The number of piperazine rings is 1. The third-order valence-electron chi connectivity index (χ3n) is 3.08. The van der Waals surface area contributed by atoms with Gasteiger partial charge in [-0.2, -0.15) is 0 Å². The van der Waals surface area contributed by atoms with Crippen molar-refractivity contribution in [2.24, 2.45) is 0 Å². The largest absolute Gasteiger partial charge is 0.475 e. The number of hydrogen-bond donors (Lipinski definition) is 2. The number of carbonyl (C=O) groups is 2. The first-order valence-electron chi connectivity index (χ1n) is 6.09. The molecule has 0 atom stereocenters. The number of aromatic carboxylic acids is 1. The number of nitrogens with zero attached hydrogens (tertiary/aromatic N) is 2. The number of rotatable bonds is 3. The first-order valence-corrected chi connectivity index (χ1v) is 6.09. The van der Waals surface area contributed by atoms with Gasteiger partial charge in [-0.25, -0.2) is 9.59 Å². The average molecular weight is 267 g/mol. The first kappa shape index (κ1) is 13.4. The van der Waals surface area contributed by atoms with Crippen molar-refractivity contribution in [1.82, 2.24) is 15.1 Å². The van der Waals surface area contributed by atoms with Crippen molar-refractivity contribution in [1.29, 1.82) is 0 Å². The van der Waals surface area contributed by atoms with E-state index >= 15 is 0 Å². The third kappa shape index (κ3) is 3.47. The second-order valence-corrected chi connectivity index (χ2v) is 4.52. The summed E-state index contributed by atoms with van der Waals surface area (Å²) in [5.74, 6) is -0.805. The van der Waals surface area contributed by atoms with Crippen LogP contribution in [0.4, 0.5) is 4.79 Å². The van der Waals surface area contributed by atoms with Gasteiger partial charge in [0, 0.05) is 26.2 Å². The van der Waals surface area contributed by atoms with Crippen molar-refractivity contribution < 1.29 is 19.1 Å². The van der Waals surface area contributed by atoms with E-state index in [1.54, 1.807) is 11.0 Å². The number of carboxylic acid groups (broad SMARTS) is 1. The number of urea groups is 1. The predicted molar refractivity (Wildman–Crippen MR) is 67.0 cm³/mol. The average Bonchev–Trinajstić information content (AvgIpc) is 2.86. The quantitative estimate of drug-likeness (QED) is 0.829. The van der Waals surface area contributed by atoms with E-state index in [1.165, 1.54) is 6.07 Å². The minimum Gasteiger partial charge on any atom is -0.475 e. The van der Waals surface area contributed by atoms with E-state index in [9.17, 15) is 9.59 Å². The molecule has 0 aliphatic carbocycles. The molecule has 104 valence electrons. The fraction of sp³-hybridized carbons (Fsp3) is 0.500. The normalized spacial score (nSPS) is 16.4. The van der Waals surface area contributed by atoms with Crippen LogP contribution in [0.1, 0.15) is 16.3 Å². The van der Waals surface area contributed by atoms with E-state index < -0.39 is 5.97 Å². The van der Waals surface area contributed by atoms with Crippen LogP contribution in [0.25, 0.3) is 0 Å². The van der Waals surface area contributed by atoms with Crippen LogP contribution in [-0.2, 0) is 6.54 Å². The van der Waals surface area contributed by atoms with Gasteiger partial charge in [-0.05, 0) is 19.2 Å². The fourth-order valence-corrected chi connectivity index (χ4v) is 1.87. The molecule has 2 amide bonds. The lowest BCUT2D eigenvalue weighted by molar-refractivity contribution is 0.0660. The summed E-state index contributed by atoms with van der Waals surface area (Å²) in [4.78, 5) is 26.4. The second kappa shape index (κ2) is 5.75. The molecule has 0 aromatic carbocycles. The van der Waals surface area contributed by atoms with Gasteiger partial charge >= 0.3 is 12.0 Å². The zero-order valence-corrected chi connectivity index (χ0v) is 10.8. The maximum Gasteiger partial charge on any atom is 0.371 e. The number of amides is 2. The molecule has 0 unspecified atom stereocenters. The number of furan rings is 1. The lowest BCUT2D eigenvalue weighted by atomic mass is 10.3. The maximum atomic E-state index is 11.9. The Hall–Kier alpha value is -2.02. The molecule has 1 aromatic rings. The van der Waals surface area contributed by atoms with E-state index in [2.05, 4.69) is 10.2 Å². The van der Waals surface area contributed by atoms with Crippen LogP contribution in [0.15, 0.2) is 16.5 Å². The van der Waals surface area contributed by atoms with Crippen molar-refractivity contribution in [2.75, 3.05) is 33.2 Å². The minimum absolute atomic E-state index is 0.121. The van der Waals surface area contributed by atoms with Gasteiger partial charge in [-0.1, -0.05) is 0 Å². The Morgan fingerprint density at radius 3 is 2.58 bits per heavy atom. The molecular formula is C12H17N3O4. The van der Waals surface area contributed by atoms with E-state index in [4.69, 9.17) is 9.52 Å². The summed E-state index contributed by atoms with van der Waals surface area (Å²) < 4.78 is 5.06. The van der Waals surface area contributed by atoms with Crippen LogP contribution in [0.3, 0.4) is 0 Å². The van der Waals surface area contributed by atoms with Crippen LogP contribution in [0.5, 0.6) is 0 Å². The summed E-state index contributed by atoms with van der Waals surface area (Å²) in [6.07, 6.45) is 0. The van der Waals surface area contributed by atoms with Gasteiger partial charge in [0.2, 0.25) is 5.76 Å². The summed E-state index contributed by atoms with van der Waals surface area (Å²) in [5, 5.41) is 11.4. The molecule has 1 aliphatic heterocycles. The zero-order valence-electron chi connectivity index (χ0n) is 10.8. The number of carboxylic acids is 1. The van der Waals surface area contributed by atoms with Crippen molar-refractivity contribution >= 4 is 12.0 Å². The number of hydrogen-bond acceptors (Lipinski definition) is 4. The molecule has 0 spiro atoms. The highest BCUT2D eigenvalue weighted by molar-refractivity contribution is 5.84. The molecule has 2 heterocycles. The lowest BCUT2D eigenvalue weighted by Crippen LogP contribution is -2.50. The molecular weight excluding hydrogens is 250 g/mol. The lowest BCUT2D eigenvalue weighted by Gasteiger charge is -2.32. The minimum atomic E-state index is -1.11. The Bertz CT molecular complexity index is 463. The standard InChI is InChI=1S/C12H17N3O4/c1-14-4-6-15(7-5-14)12(18)13-8-9-2-3-10(19-9)11(16)17/h2-3H,4-8H2,1H3,(H,13,18)(H,16,17). The molecule has 1 aliphatic rings. The summed E-state index contributed by atoms with van der Waals surface area (Å²) in [5.41, 5.74) is 0. The highest BCUT2D eigenvalue weighted by Gasteiger charge is 2.19. The van der Waals surface area contributed by atoms with Gasteiger partial charge in [0.05, 0.1) is 6.54 Å². The molecule has 1 saturated heterocycles. The van der Waals surface area contributed by atoms with Crippen LogP contribution in [-0.4, -0.2) is 60.1 Å². The Morgan fingerprint density at radius 2 is 2.00 bits per heavy atom. The summed E-state index contributed by atoms with van der Waals surface area (Å²) in [6, 6.07) is 2.77. The topological polar surface area (TPSA) is 86.0 Å². The van der Waals surface area contributed by atoms with Crippen LogP contribution in [0.2, 0.25) is 0 Å². The molecule has 0 saturated carbocycles. The molecule has 0 radical (unpaired) electrons. The van der Waals surface area contributed by atoms with E-state index in [0.717, 1.165) is 13.1 Å². The Kier molecular flexibility index (Phi) is 4.06. The van der Waals surface area contributed by atoms with Crippen molar-refractivity contribution in [3.63, 3.8) is 0 Å². The molecule has 19 heavy (non-hydrogen) atoms. The molecule has 7 heteroatoms. The second-order valence-electron chi connectivity index (χ2n) is 4.52. The van der Waals surface area contributed by atoms with E-state index in [1.807, 2.05) is 7.05 Å². The first-order chi connectivity index (χ1) is 9.06. The van der Waals surface area contributed by atoms with Gasteiger partial charge in [-0.3, -0.25) is 0 Å². The summed E-state index contributed by atoms with van der Waals surface area (Å²) in [6.45, 7) is 3.30. The maximum absolute atomic E-state index is 11.9. The van der Waals surface area contributed by atoms with Crippen LogP contribution in [0, 0.1) is 0 Å². The Balaban J connectivity index is 1.81. The van der Waals surface area contributed by atoms with Gasteiger partial charge in [0.25, 0.3) is 0 Å². The van der Waals surface area contributed by atoms with Crippen molar-refractivity contribution in [3.8, 4) is 0 Å². The van der Waals surface area contributed by atoms with E-state index in [-0.39, 0.29) is 18.3 Å². The van der Waals surface area contributed by atoms with Crippen LogP contribution >= 0.6 is 0 Å². The Labute approximate surface area is 110 Å². The number of carbonyl (C=O) groups excluding carboxylic acids is 1. The molecule has 1 aromatic heterocycles. The molecule has 2 rings (SSSR count). The highest BCUT2D eigenvalue weighted by atomic mass is 16.4. The van der Waals surface area contributed by atoms with Crippen LogP contribution < -0.4 is 5.32 Å². The highest BCUT2D eigenvalue weighted by Crippen LogP contribution is 2.08. The van der Waals surface area contributed by atoms with Gasteiger partial charge < -0.3 is 24.6 Å². The summed E-state index contributed by atoms with van der Waals surface area (Å²) in [7, 11) is 2.02. The molecule has 0 bridgehead atoms. The molecule has 1 fully saturated rings. The fourth-order valence-electron chi connectivity index (χ4n) is 1.87. The van der Waals surface area contributed by atoms with Crippen molar-refractivity contribution in [3.05, 3.63) is 23.7 Å². The monoisotopic (exact) mass is 267 g/mol. The third-order valence-corrected chi connectivity index (χ3v) is 3.08. The number of nitrogens with one attached hydrogen (secondary N) is 1. The van der Waals surface area contributed by atoms with Gasteiger partial charge in [-0.15, -0.1) is 0 Å². The Morgan fingerprint density at radius 1 is 1.32 bits per heavy atom. The predicted octanol–water partition coefficient (Wildman–Crippen LogP) is 0.435. The SMILES string of the molecule is CN1CCN(C(=O)NCc2ccc(C(=O)O)o2)CC1. The van der Waals surface area contributed by atoms with Gasteiger partial charge in [0.15, 0.2) is 0 Å². The van der Waals surface area contributed by atoms with Crippen molar-refractivity contribution in [2.45, 2.75) is 6.54 Å². The van der Waals surface area contributed by atoms with E-state index in [0.29, 0.717) is 18.8 Å². The van der Waals surface area contributed by atoms with Gasteiger partial charge in [0.1, 0.15) is 5.76 Å². The zero-order chi connectivity index (χ0) is 13.8. The molecule has 7 nitrogen and oxygen atoms in total.